The molecule has 0 amide bonds. The summed E-state index contributed by atoms with van der Waals surface area (Å²) < 4.78 is 15.5. The van der Waals surface area contributed by atoms with Crippen molar-refractivity contribution in [2.75, 3.05) is 13.9 Å². The lowest BCUT2D eigenvalue weighted by molar-refractivity contribution is -0.00678. The van der Waals surface area contributed by atoms with Crippen LogP contribution in [-0.4, -0.2) is 30.2 Å². The molecule has 88 valence electrons. The van der Waals surface area contributed by atoms with Crippen LogP contribution in [0.15, 0.2) is 12.1 Å². The van der Waals surface area contributed by atoms with E-state index in [1.807, 2.05) is 0 Å². The topological polar surface area (TPSA) is 81.2 Å². The lowest BCUT2D eigenvalue weighted by Gasteiger charge is -2.05. The number of methoxy groups -OCH3 is 1. The largest absolute Gasteiger partial charge is 0.493 e. The minimum absolute atomic E-state index is 0.00841. The molecule has 0 fully saturated rings. The fourth-order valence-corrected chi connectivity index (χ4v) is 1.52. The summed E-state index contributed by atoms with van der Waals surface area (Å²) in [5, 5.41) is 0. The van der Waals surface area contributed by atoms with Gasteiger partial charge < -0.3 is 19.7 Å². The van der Waals surface area contributed by atoms with Gasteiger partial charge >= 0.3 is 5.71 Å². The van der Waals surface area contributed by atoms with Gasteiger partial charge in [-0.1, -0.05) is 0 Å². The third-order valence-electron chi connectivity index (χ3n) is 2.40. The summed E-state index contributed by atoms with van der Waals surface area (Å²) in [5.74, 6) is 0.930. The Balaban J connectivity index is 2.50. The second-order valence-electron chi connectivity index (χ2n) is 3.43. The van der Waals surface area contributed by atoms with Crippen molar-refractivity contribution in [2.45, 2.75) is 6.92 Å². The summed E-state index contributed by atoms with van der Waals surface area (Å²) in [6.45, 7) is 1.51. The molecule has 6 nitrogen and oxygen atoms in total. The lowest BCUT2D eigenvalue weighted by Crippen LogP contribution is -2.11. The predicted octanol–water partition coefficient (Wildman–Crippen LogP) is 1.30. The molecule has 1 aromatic rings. The highest BCUT2D eigenvalue weighted by atomic mass is 16.7. The van der Waals surface area contributed by atoms with Crippen LogP contribution in [0.3, 0.4) is 0 Å². The van der Waals surface area contributed by atoms with Crippen LogP contribution >= 0.6 is 0 Å². The number of nitrogens with zero attached hydrogens (tertiary/aromatic N) is 2. The molecule has 0 aliphatic carbocycles. The number of Topliss-reactive ketones (excluding diaryl/α,β-unsaturated/α-hetero) is 1. The molecule has 0 atom stereocenters. The number of carbonyl (C=O) groups excluding carboxylic acids is 1. The van der Waals surface area contributed by atoms with Crippen LogP contribution in [0.4, 0.5) is 0 Å². The summed E-state index contributed by atoms with van der Waals surface area (Å²) in [6, 6.07) is 3.05. The number of carbonyl (C=O) groups is 1. The van der Waals surface area contributed by atoms with Gasteiger partial charge in [0.1, 0.15) is 0 Å². The summed E-state index contributed by atoms with van der Waals surface area (Å²) >= 11 is 0. The van der Waals surface area contributed by atoms with E-state index in [1.54, 1.807) is 0 Å². The number of fused-ring (bicyclic) bond motifs is 1. The van der Waals surface area contributed by atoms with Crippen LogP contribution in [0.5, 0.6) is 17.2 Å². The fraction of sp³-hybridized carbons (Fsp3) is 0.273. The number of ether oxygens (including phenoxy) is 3. The molecule has 0 radical (unpaired) electrons. The van der Waals surface area contributed by atoms with Crippen molar-refractivity contribution in [2.24, 2.45) is 0 Å². The summed E-state index contributed by atoms with van der Waals surface area (Å²) in [6.07, 6.45) is 0. The molecule has 0 unspecified atom stereocenters. The molecular weight excluding hydrogens is 224 g/mol. The first-order valence-corrected chi connectivity index (χ1v) is 4.88. The summed E-state index contributed by atoms with van der Waals surface area (Å²) in [7, 11) is 1.47. The van der Waals surface area contributed by atoms with Gasteiger partial charge in [0.25, 0.3) is 5.78 Å². The quantitative estimate of drug-likeness (QED) is 0.341. The molecule has 2 rings (SSSR count). The number of hydrogen-bond donors (Lipinski definition) is 0. The maximum absolute atomic E-state index is 11.8. The highest BCUT2D eigenvalue weighted by Crippen LogP contribution is 2.41. The second-order valence-corrected chi connectivity index (χ2v) is 3.43. The molecule has 17 heavy (non-hydrogen) atoms. The SMILES string of the molecule is COc1cc(C(=O)C(C)=[N+]=[N-])cc2c1OCO2. The Hall–Kier alpha value is -2.33. The number of benzene rings is 1. The minimum atomic E-state index is -0.399. The molecule has 0 saturated heterocycles. The Morgan fingerprint density at radius 1 is 1.47 bits per heavy atom. The fourth-order valence-electron chi connectivity index (χ4n) is 1.52. The van der Waals surface area contributed by atoms with Crippen molar-refractivity contribution >= 4 is 11.5 Å². The molecule has 0 N–H and O–H groups in total. The third kappa shape index (κ3) is 1.86. The number of ketones is 1. The van der Waals surface area contributed by atoms with Crippen LogP contribution in [0.1, 0.15) is 17.3 Å². The average molecular weight is 234 g/mol. The Labute approximate surface area is 97.3 Å². The van der Waals surface area contributed by atoms with E-state index in [4.69, 9.17) is 19.7 Å². The predicted molar refractivity (Wildman–Crippen MR) is 57.7 cm³/mol. The van der Waals surface area contributed by atoms with Crippen molar-refractivity contribution in [3.63, 3.8) is 0 Å². The van der Waals surface area contributed by atoms with E-state index in [1.165, 1.54) is 26.2 Å². The highest BCUT2D eigenvalue weighted by Gasteiger charge is 2.25. The normalized spacial score (nSPS) is 11.9. The zero-order valence-corrected chi connectivity index (χ0v) is 9.39. The van der Waals surface area contributed by atoms with Gasteiger partial charge in [-0.3, -0.25) is 4.79 Å². The van der Waals surface area contributed by atoms with Crippen LogP contribution < -0.4 is 14.2 Å². The Morgan fingerprint density at radius 3 is 2.88 bits per heavy atom. The maximum atomic E-state index is 11.8. The second kappa shape index (κ2) is 4.27. The monoisotopic (exact) mass is 234 g/mol. The van der Waals surface area contributed by atoms with Crippen molar-refractivity contribution < 1.29 is 23.8 Å². The molecule has 6 heteroatoms. The summed E-state index contributed by atoms with van der Waals surface area (Å²) in [4.78, 5) is 14.7. The van der Waals surface area contributed by atoms with Crippen LogP contribution in [0.25, 0.3) is 5.53 Å². The van der Waals surface area contributed by atoms with E-state index in [-0.39, 0.29) is 12.5 Å². The molecule has 1 aromatic carbocycles. The molecule has 1 aliphatic heterocycles. The molecule has 0 aromatic heterocycles. The van der Waals surface area contributed by atoms with E-state index < -0.39 is 5.78 Å². The lowest BCUT2D eigenvalue weighted by atomic mass is 10.1. The van der Waals surface area contributed by atoms with Crippen molar-refractivity contribution in [3.05, 3.63) is 23.2 Å². The van der Waals surface area contributed by atoms with E-state index >= 15 is 0 Å². The van der Waals surface area contributed by atoms with E-state index in [2.05, 4.69) is 4.79 Å². The van der Waals surface area contributed by atoms with Crippen LogP contribution in [0.2, 0.25) is 0 Å². The van der Waals surface area contributed by atoms with Crippen LogP contribution in [0, 0.1) is 0 Å². The minimum Gasteiger partial charge on any atom is -0.493 e. The highest BCUT2D eigenvalue weighted by molar-refractivity contribution is 6.43. The maximum Gasteiger partial charge on any atom is 0.336 e. The van der Waals surface area contributed by atoms with Gasteiger partial charge in [0, 0.05) is 12.5 Å². The zero-order valence-electron chi connectivity index (χ0n) is 9.39. The summed E-state index contributed by atoms with van der Waals surface area (Å²) in [5.41, 5.74) is 8.88. The van der Waals surface area contributed by atoms with E-state index in [9.17, 15) is 4.79 Å². The van der Waals surface area contributed by atoms with Crippen molar-refractivity contribution in [1.29, 1.82) is 0 Å². The van der Waals surface area contributed by atoms with Gasteiger partial charge in [0.2, 0.25) is 12.5 Å². The molecule has 0 spiro atoms. The first-order chi connectivity index (χ1) is 8.17. The smallest absolute Gasteiger partial charge is 0.336 e. The van der Waals surface area contributed by atoms with Gasteiger partial charge in [-0.15, -0.1) is 0 Å². The molecule has 1 heterocycles. The number of hydrogen-bond acceptors (Lipinski definition) is 4. The van der Waals surface area contributed by atoms with Gasteiger partial charge in [-0.25, -0.2) is 0 Å². The number of rotatable bonds is 3. The van der Waals surface area contributed by atoms with E-state index in [0.717, 1.165) is 0 Å². The zero-order chi connectivity index (χ0) is 12.4. The average Bonchev–Trinajstić information content (AvgIpc) is 2.83. The molecule has 0 saturated carbocycles. The Bertz CT molecular complexity index is 533. The van der Waals surface area contributed by atoms with Gasteiger partial charge in [-0.05, 0) is 12.1 Å². The van der Waals surface area contributed by atoms with Crippen LogP contribution in [-0.2, 0) is 0 Å². The Kier molecular flexibility index (Phi) is 2.80. The molecule has 0 bridgehead atoms. The van der Waals surface area contributed by atoms with Gasteiger partial charge in [0.05, 0.1) is 7.11 Å². The Morgan fingerprint density at radius 2 is 2.24 bits per heavy atom. The van der Waals surface area contributed by atoms with Crippen molar-refractivity contribution in [3.8, 4) is 17.2 Å². The van der Waals surface area contributed by atoms with E-state index in [0.29, 0.717) is 22.8 Å². The first kappa shape index (κ1) is 11.2. The molecular formula is C11H10N2O4. The third-order valence-corrected chi connectivity index (χ3v) is 2.40. The first-order valence-electron chi connectivity index (χ1n) is 4.88. The van der Waals surface area contributed by atoms with Crippen molar-refractivity contribution in [1.82, 2.24) is 0 Å². The van der Waals surface area contributed by atoms with Gasteiger partial charge in [0.15, 0.2) is 11.5 Å². The molecule has 1 aliphatic rings. The standard InChI is InChI=1S/C11H10N2O4/c1-6(13-12)10(14)7-3-8(15-2)11-9(4-7)16-5-17-11/h3-4H,5H2,1-2H3. The van der Waals surface area contributed by atoms with Gasteiger partial charge in [-0.2, -0.15) is 4.79 Å².